The van der Waals surface area contributed by atoms with Gasteiger partial charge in [-0.25, -0.2) is 4.98 Å². The second kappa shape index (κ2) is 8.33. The van der Waals surface area contributed by atoms with Crippen LogP contribution in [0.3, 0.4) is 0 Å². The van der Waals surface area contributed by atoms with Crippen LogP contribution in [0.4, 0.5) is 5.69 Å². The predicted octanol–water partition coefficient (Wildman–Crippen LogP) is 7.04. The highest BCUT2D eigenvalue weighted by Crippen LogP contribution is 2.61. The molecule has 2 aromatic carbocycles. The van der Waals surface area contributed by atoms with Crippen molar-refractivity contribution < 1.29 is 4.79 Å². The summed E-state index contributed by atoms with van der Waals surface area (Å²) in [7, 11) is 0. The number of nitrogens with zero attached hydrogens (tertiary/aromatic N) is 1. The number of nitrogens with one attached hydrogen (secondary N) is 2. The average Bonchev–Trinajstić information content (AvgIpc) is 3.18. The van der Waals surface area contributed by atoms with Crippen LogP contribution in [0.2, 0.25) is 5.02 Å². The van der Waals surface area contributed by atoms with E-state index in [0.717, 1.165) is 38.5 Å². The number of halogens is 1. The van der Waals surface area contributed by atoms with Crippen LogP contribution in [-0.2, 0) is 4.79 Å². The van der Waals surface area contributed by atoms with E-state index in [1.165, 1.54) is 38.5 Å². The first-order valence-corrected chi connectivity index (χ1v) is 13.3. The number of carbonyl (C=O) groups is 1. The van der Waals surface area contributed by atoms with Gasteiger partial charge >= 0.3 is 0 Å². The molecule has 4 saturated carbocycles. The van der Waals surface area contributed by atoms with Crippen molar-refractivity contribution in [1.82, 2.24) is 10.3 Å². The average molecular weight is 496 g/mol. The Hall–Kier alpha value is -2.02. The van der Waals surface area contributed by atoms with Gasteiger partial charge in [0.05, 0.1) is 20.9 Å². The molecule has 4 bridgehead atoms. The Balaban J connectivity index is 1.13. The third kappa shape index (κ3) is 4.29. The summed E-state index contributed by atoms with van der Waals surface area (Å²) in [5.74, 6) is 2.52. The van der Waals surface area contributed by atoms with Crippen molar-refractivity contribution in [2.45, 2.75) is 44.9 Å². The van der Waals surface area contributed by atoms with Gasteiger partial charge in [-0.3, -0.25) is 4.79 Å². The number of para-hydroxylation sites is 1. The maximum atomic E-state index is 12.9. The molecule has 4 aliphatic carbocycles. The second-order valence-corrected chi connectivity index (χ2v) is 12.1. The van der Waals surface area contributed by atoms with Crippen LogP contribution < -0.4 is 10.6 Å². The van der Waals surface area contributed by atoms with Gasteiger partial charge in [-0.2, -0.15) is 0 Å². The minimum Gasteiger partial charge on any atom is -0.331 e. The van der Waals surface area contributed by atoms with Crippen LogP contribution in [0.15, 0.2) is 42.5 Å². The fourth-order valence-electron chi connectivity index (χ4n) is 6.92. The van der Waals surface area contributed by atoms with E-state index in [0.29, 0.717) is 22.2 Å². The number of benzene rings is 2. The third-order valence-corrected chi connectivity index (χ3v) is 9.33. The number of amides is 1. The van der Waals surface area contributed by atoms with Gasteiger partial charge in [-0.1, -0.05) is 29.8 Å². The molecule has 1 amide bonds. The topological polar surface area (TPSA) is 54.0 Å². The molecule has 1 aromatic heterocycles. The molecule has 0 saturated heterocycles. The lowest BCUT2D eigenvalue weighted by Gasteiger charge is -2.56. The fourth-order valence-corrected chi connectivity index (χ4v) is 8.27. The van der Waals surface area contributed by atoms with Crippen LogP contribution >= 0.6 is 35.2 Å². The predicted molar refractivity (Wildman–Crippen MR) is 140 cm³/mol. The number of hydrogen-bond acceptors (Lipinski definition) is 4. The minimum absolute atomic E-state index is 0.0212. The molecule has 7 rings (SSSR count). The Labute approximate surface area is 208 Å². The normalized spacial score (nSPS) is 27.6. The molecular weight excluding hydrogens is 470 g/mol. The van der Waals surface area contributed by atoms with Gasteiger partial charge in [0.2, 0.25) is 5.91 Å². The van der Waals surface area contributed by atoms with E-state index >= 15 is 0 Å². The highest BCUT2D eigenvalue weighted by molar-refractivity contribution is 7.80. The quantitative estimate of drug-likeness (QED) is 0.381. The van der Waals surface area contributed by atoms with Crippen LogP contribution in [0.5, 0.6) is 0 Å². The zero-order valence-corrected chi connectivity index (χ0v) is 20.7. The number of carbonyl (C=O) groups excluding carboxylic acids is 1. The van der Waals surface area contributed by atoms with Crippen LogP contribution in [0.25, 0.3) is 20.8 Å². The van der Waals surface area contributed by atoms with Gasteiger partial charge in [0.25, 0.3) is 0 Å². The fraction of sp³-hybridized carbons (Fsp3) is 0.423. The van der Waals surface area contributed by atoms with Gasteiger partial charge in [-0.15, -0.1) is 11.3 Å². The Kier molecular flexibility index (Phi) is 5.43. The maximum Gasteiger partial charge on any atom is 0.226 e. The highest BCUT2D eigenvalue weighted by Gasteiger charge is 2.51. The zero-order valence-electron chi connectivity index (χ0n) is 18.3. The van der Waals surface area contributed by atoms with E-state index in [9.17, 15) is 4.79 Å². The zero-order chi connectivity index (χ0) is 22.6. The summed E-state index contributed by atoms with van der Waals surface area (Å²) in [5.41, 5.74) is 2.81. The molecule has 3 aromatic rings. The lowest BCUT2D eigenvalue weighted by atomic mass is 9.49. The lowest BCUT2D eigenvalue weighted by Crippen LogP contribution is -2.48. The van der Waals surface area contributed by atoms with Crippen molar-refractivity contribution in [1.29, 1.82) is 0 Å². The standard InChI is InChI=1S/C26H26ClN3OS2/c27-19-6-5-18(24-28-20-3-1-2-4-22(20)33-24)10-21(19)29-25(32)30-23(31)14-26-11-15-7-16(12-26)9-17(8-15)13-26/h1-6,10,15-17H,7-9,11-14H2,(H2,29,30,31,32). The first-order valence-electron chi connectivity index (χ1n) is 11.7. The molecule has 2 N–H and O–H groups in total. The summed E-state index contributed by atoms with van der Waals surface area (Å²) in [4.78, 5) is 17.7. The van der Waals surface area contributed by atoms with E-state index in [-0.39, 0.29) is 11.3 Å². The maximum absolute atomic E-state index is 12.9. The third-order valence-electron chi connectivity index (χ3n) is 7.71. The van der Waals surface area contributed by atoms with Gasteiger partial charge in [0, 0.05) is 12.0 Å². The molecule has 4 nitrogen and oxygen atoms in total. The highest BCUT2D eigenvalue weighted by atomic mass is 35.5. The van der Waals surface area contributed by atoms with Crippen molar-refractivity contribution in [3.8, 4) is 10.6 Å². The van der Waals surface area contributed by atoms with Crippen molar-refractivity contribution in [2.75, 3.05) is 5.32 Å². The van der Waals surface area contributed by atoms with E-state index in [1.807, 2.05) is 36.4 Å². The van der Waals surface area contributed by atoms with E-state index in [1.54, 1.807) is 11.3 Å². The number of hydrogen-bond donors (Lipinski definition) is 2. The number of aromatic nitrogens is 1. The van der Waals surface area contributed by atoms with Gasteiger partial charge in [-0.05, 0) is 98.2 Å². The summed E-state index contributed by atoms with van der Waals surface area (Å²) in [6.07, 6.45) is 8.35. The molecule has 0 unspecified atom stereocenters. The molecule has 0 spiro atoms. The molecule has 7 heteroatoms. The largest absolute Gasteiger partial charge is 0.331 e. The molecule has 0 aliphatic heterocycles. The molecule has 0 radical (unpaired) electrons. The lowest BCUT2D eigenvalue weighted by molar-refractivity contribution is -0.127. The summed E-state index contributed by atoms with van der Waals surface area (Å²) in [5, 5.41) is 7.83. The van der Waals surface area contributed by atoms with Gasteiger partial charge in [0.1, 0.15) is 5.01 Å². The SMILES string of the molecule is O=C(CC12CC3CC(CC(C3)C1)C2)NC(=S)Nc1cc(-c2nc3ccccc3s2)ccc1Cl. The molecule has 33 heavy (non-hydrogen) atoms. The van der Waals surface area contributed by atoms with Crippen LogP contribution in [-0.4, -0.2) is 16.0 Å². The molecule has 4 aliphatic rings. The summed E-state index contributed by atoms with van der Waals surface area (Å²) in [6.45, 7) is 0. The molecule has 4 fully saturated rings. The number of thiazole rings is 1. The molecule has 1 heterocycles. The summed E-state index contributed by atoms with van der Waals surface area (Å²) >= 11 is 13.6. The number of rotatable bonds is 4. The van der Waals surface area contributed by atoms with E-state index in [4.69, 9.17) is 28.8 Å². The number of fused-ring (bicyclic) bond motifs is 1. The van der Waals surface area contributed by atoms with E-state index < -0.39 is 0 Å². The van der Waals surface area contributed by atoms with Crippen molar-refractivity contribution >= 4 is 62.1 Å². The van der Waals surface area contributed by atoms with Crippen LogP contribution in [0.1, 0.15) is 44.9 Å². The first-order chi connectivity index (χ1) is 15.9. The van der Waals surface area contributed by atoms with Crippen molar-refractivity contribution in [2.24, 2.45) is 23.2 Å². The monoisotopic (exact) mass is 495 g/mol. The van der Waals surface area contributed by atoms with Crippen molar-refractivity contribution in [3.05, 3.63) is 47.5 Å². The Morgan fingerprint density at radius 1 is 1.09 bits per heavy atom. The van der Waals surface area contributed by atoms with E-state index in [2.05, 4.69) is 16.7 Å². The Morgan fingerprint density at radius 3 is 2.48 bits per heavy atom. The molecule has 170 valence electrons. The summed E-state index contributed by atoms with van der Waals surface area (Å²) in [6, 6.07) is 13.8. The van der Waals surface area contributed by atoms with Crippen molar-refractivity contribution in [3.63, 3.8) is 0 Å². The number of thiocarbonyl (C=S) groups is 1. The molecule has 0 atom stereocenters. The van der Waals surface area contributed by atoms with Gasteiger partial charge in [0.15, 0.2) is 5.11 Å². The van der Waals surface area contributed by atoms with Crippen LogP contribution in [0, 0.1) is 23.2 Å². The number of anilines is 1. The molecular formula is C26H26ClN3OS2. The van der Waals surface area contributed by atoms with Gasteiger partial charge < -0.3 is 10.6 Å². The smallest absolute Gasteiger partial charge is 0.226 e. The first kappa shape index (κ1) is 21.5. The minimum atomic E-state index is 0.0212. The summed E-state index contributed by atoms with van der Waals surface area (Å²) < 4.78 is 1.14. The Morgan fingerprint density at radius 2 is 1.79 bits per heavy atom. The second-order valence-electron chi connectivity index (χ2n) is 10.3. The Bertz CT molecular complexity index is 1190.